The van der Waals surface area contributed by atoms with Crippen LogP contribution in [0.15, 0.2) is 114 Å². The topological polar surface area (TPSA) is 131 Å². The molecule has 2 N–H and O–H groups in total. The number of likely N-dealkylation sites (tertiary alicyclic amines) is 2. The predicted molar refractivity (Wildman–Crippen MR) is 220 cm³/mol. The summed E-state index contributed by atoms with van der Waals surface area (Å²) in [6, 6.07) is 32.0. The van der Waals surface area contributed by atoms with Crippen LogP contribution >= 0.6 is 0 Å². The van der Waals surface area contributed by atoms with Crippen LogP contribution in [0.2, 0.25) is 0 Å². The Morgan fingerprint density at radius 3 is 1.96 bits per heavy atom. The maximum absolute atomic E-state index is 13.9. The number of imidazole rings is 1. The molecule has 2 fully saturated rings. The van der Waals surface area contributed by atoms with Crippen molar-refractivity contribution in [2.75, 3.05) is 46.6 Å². The highest BCUT2D eigenvalue weighted by Gasteiger charge is 2.39. The van der Waals surface area contributed by atoms with E-state index in [1.807, 2.05) is 152 Å². The summed E-state index contributed by atoms with van der Waals surface area (Å²) in [5.41, 5.74) is 6.20. The number of H-pyrrole nitrogens is 1. The molecule has 2 aliphatic heterocycles. The molecule has 4 aromatic carbocycles. The summed E-state index contributed by atoms with van der Waals surface area (Å²) in [5.74, 6) is 0.835. The van der Waals surface area contributed by atoms with Gasteiger partial charge in [0.2, 0.25) is 17.7 Å². The lowest BCUT2D eigenvalue weighted by atomic mass is 10.0. The van der Waals surface area contributed by atoms with Gasteiger partial charge in [0.15, 0.2) is 11.4 Å². The van der Waals surface area contributed by atoms with Gasteiger partial charge in [0.1, 0.15) is 23.9 Å². The number of carbonyl (C=O) groups is 3. The molecule has 2 aromatic heterocycles. The Morgan fingerprint density at radius 2 is 1.32 bits per heavy atom. The number of likely N-dealkylation sites (N-methyl/N-ethyl adjacent to an activating group) is 2. The van der Waals surface area contributed by atoms with Gasteiger partial charge in [-0.3, -0.25) is 24.2 Å². The Balaban J connectivity index is 0.937. The largest absolute Gasteiger partial charge is 0.354 e. The first-order valence-electron chi connectivity index (χ1n) is 19.6. The first-order valence-corrected chi connectivity index (χ1v) is 19.6. The van der Waals surface area contributed by atoms with Gasteiger partial charge in [0.05, 0.1) is 23.3 Å². The minimum Gasteiger partial charge on any atom is -0.354 e. The average Bonchev–Trinajstić information content (AvgIpc) is 4.06. The summed E-state index contributed by atoms with van der Waals surface area (Å²) in [6.07, 6.45) is 4.94. The zero-order valence-corrected chi connectivity index (χ0v) is 32.8. The fourth-order valence-corrected chi connectivity index (χ4v) is 8.43. The number of nitrogens with zero attached hydrogens (tertiary/aromatic N) is 6. The number of anilines is 1. The Hall–Kier alpha value is -6.11. The zero-order valence-electron chi connectivity index (χ0n) is 32.8. The van der Waals surface area contributed by atoms with Gasteiger partial charge in [-0.25, -0.2) is 4.98 Å². The Kier molecular flexibility index (Phi) is 10.7. The number of hydrogen-bond donors (Lipinski definition) is 2. The van der Waals surface area contributed by atoms with Gasteiger partial charge in [-0.2, -0.15) is 0 Å². The molecule has 0 radical (unpaired) electrons. The van der Waals surface area contributed by atoms with Crippen LogP contribution in [-0.4, -0.2) is 99.8 Å². The monoisotopic (exact) mass is 764 g/mol. The minimum absolute atomic E-state index is 0.0824. The molecule has 12 heteroatoms. The first kappa shape index (κ1) is 37.8. The number of hydrogen-bond acceptors (Lipinski definition) is 8. The Bertz CT molecular complexity index is 2360. The van der Waals surface area contributed by atoms with E-state index >= 15 is 0 Å². The van der Waals surface area contributed by atoms with E-state index in [4.69, 9.17) is 9.51 Å². The number of nitrogens with one attached hydrogen (secondary N) is 2. The second-order valence-corrected chi connectivity index (χ2v) is 15.4. The molecule has 0 aliphatic carbocycles. The van der Waals surface area contributed by atoms with Gasteiger partial charge in [0.25, 0.3) is 0 Å². The van der Waals surface area contributed by atoms with E-state index in [-0.39, 0.29) is 29.8 Å². The molecule has 12 nitrogen and oxygen atoms in total. The van der Waals surface area contributed by atoms with Crippen LogP contribution in [0.4, 0.5) is 5.82 Å². The van der Waals surface area contributed by atoms with Crippen LogP contribution in [0.1, 0.15) is 60.8 Å². The van der Waals surface area contributed by atoms with Crippen molar-refractivity contribution in [1.82, 2.24) is 34.7 Å². The highest BCUT2D eigenvalue weighted by molar-refractivity contribution is 6.03. The molecule has 4 atom stereocenters. The lowest BCUT2D eigenvalue weighted by molar-refractivity contribution is -0.140. The SMILES string of the molecule is CN(C)[C@@H](C(=O)N1CCC[C@H]1C(=O)Nc1noc2cc(-c3ccc(-c4cnc([C@@H]5CCCN5C(=O)[C@@H](c5ccccc5)N(C)C)[nH]4)cc3)ccc12)c1ccccc1. The normalized spacial score (nSPS) is 18.1. The highest BCUT2D eigenvalue weighted by atomic mass is 16.5. The van der Waals surface area contributed by atoms with Gasteiger partial charge in [-0.05, 0) is 93.8 Å². The summed E-state index contributed by atoms with van der Waals surface area (Å²) in [7, 11) is 7.65. The second kappa shape index (κ2) is 16.2. The summed E-state index contributed by atoms with van der Waals surface area (Å²) in [6.45, 7) is 1.21. The molecular formula is C45H48N8O4. The highest BCUT2D eigenvalue weighted by Crippen LogP contribution is 2.36. The van der Waals surface area contributed by atoms with Gasteiger partial charge in [-0.1, -0.05) is 96.2 Å². The third-order valence-corrected chi connectivity index (χ3v) is 11.3. The van der Waals surface area contributed by atoms with Crippen LogP contribution in [0.3, 0.4) is 0 Å². The Labute approximate surface area is 332 Å². The van der Waals surface area contributed by atoms with Crippen LogP contribution in [0.25, 0.3) is 33.4 Å². The molecular weight excluding hydrogens is 717 g/mol. The lowest BCUT2D eigenvalue weighted by Gasteiger charge is -2.31. The molecule has 2 aliphatic rings. The molecule has 0 saturated carbocycles. The standard InChI is InChI=1S/C45H48N8O4/c1-50(2)39(31-13-7-5-8-14-31)44(55)52-25-11-17-36(52)42-46-28-35(47-42)30-21-19-29(20-22-30)33-23-24-34-38(27-33)57-49-41(34)48-43(54)37-18-12-26-53(37)45(56)40(51(3)4)32-15-9-6-10-16-32/h5-10,13-16,19-24,27-28,36-37,39-40H,11-12,17-18,25-26H2,1-4H3,(H,46,47)(H,48,49,54)/t36-,37-,39+,40+/m0/s1. The van der Waals surface area contributed by atoms with Gasteiger partial charge in [-0.15, -0.1) is 0 Å². The van der Waals surface area contributed by atoms with Crippen molar-refractivity contribution in [3.63, 3.8) is 0 Å². The molecule has 6 aromatic rings. The molecule has 0 spiro atoms. The molecule has 8 rings (SSSR count). The summed E-state index contributed by atoms with van der Waals surface area (Å²) >= 11 is 0. The molecule has 3 amide bonds. The second-order valence-electron chi connectivity index (χ2n) is 15.4. The van der Waals surface area contributed by atoms with Crippen molar-refractivity contribution in [2.24, 2.45) is 0 Å². The number of benzene rings is 4. The van der Waals surface area contributed by atoms with E-state index in [1.54, 1.807) is 4.90 Å². The molecule has 292 valence electrons. The smallest absolute Gasteiger partial charge is 0.248 e. The van der Waals surface area contributed by atoms with Crippen molar-refractivity contribution in [3.8, 4) is 22.4 Å². The Morgan fingerprint density at radius 1 is 0.737 bits per heavy atom. The van der Waals surface area contributed by atoms with Gasteiger partial charge < -0.3 is 24.6 Å². The van der Waals surface area contributed by atoms with Crippen molar-refractivity contribution in [2.45, 2.75) is 49.9 Å². The van der Waals surface area contributed by atoms with Crippen molar-refractivity contribution in [3.05, 3.63) is 126 Å². The zero-order chi connectivity index (χ0) is 39.6. The lowest BCUT2D eigenvalue weighted by Crippen LogP contribution is -2.47. The number of fused-ring (bicyclic) bond motifs is 1. The van der Waals surface area contributed by atoms with E-state index in [0.29, 0.717) is 36.3 Å². The van der Waals surface area contributed by atoms with Crippen molar-refractivity contribution >= 4 is 34.5 Å². The quantitative estimate of drug-likeness (QED) is 0.143. The van der Waals surface area contributed by atoms with E-state index in [9.17, 15) is 14.4 Å². The average molecular weight is 765 g/mol. The fraction of sp³-hybridized carbons (Fsp3) is 0.311. The number of aromatic amines is 1. The van der Waals surface area contributed by atoms with E-state index in [2.05, 4.69) is 15.5 Å². The van der Waals surface area contributed by atoms with Crippen molar-refractivity contribution in [1.29, 1.82) is 0 Å². The van der Waals surface area contributed by atoms with E-state index < -0.39 is 12.1 Å². The van der Waals surface area contributed by atoms with Crippen LogP contribution in [0.5, 0.6) is 0 Å². The third-order valence-electron chi connectivity index (χ3n) is 11.3. The number of rotatable bonds is 11. The van der Waals surface area contributed by atoms with E-state index in [1.165, 1.54) is 0 Å². The fourth-order valence-electron chi connectivity index (χ4n) is 8.43. The van der Waals surface area contributed by atoms with E-state index in [0.717, 1.165) is 58.6 Å². The van der Waals surface area contributed by atoms with Crippen LogP contribution in [-0.2, 0) is 14.4 Å². The third kappa shape index (κ3) is 7.58. The number of aromatic nitrogens is 3. The van der Waals surface area contributed by atoms with Gasteiger partial charge in [0, 0.05) is 13.1 Å². The maximum atomic E-state index is 13.9. The molecule has 0 unspecified atom stereocenters. The minimum atomic E-state index is -0.603. The predicted octanol–water partition coefficient (Wildman–Crippen LogP) is 7.08. The molecule has 0 bridgehead atoms. The summed E-state index contributed by atoms with van der Waals surface area (Å²) in [4.78, 5) is 57.2. The van der Waals surface area contributed by atoms with Gasteiger partial charge >= 0.3 is 0 Å². The first-order chi connectivity index (χ1) is 27.7. The molecule has 2 saturated heterocycles. The maximum Gasteiger partial charge on any atom is 0.248 e. The number of amides is 3. The van der Waals surface area contributed by atoms with Crippen LogP contribution < -0.4 is 5.32 Å². The van der Waals surface area contributed by atoms with Crippen molar-refractivity contribution < 1.29 is 18.9 Å². The van der Waals surface area contributed by atoms with Crippen LogP contribution in [0, 0.1) is 0 Å². The summed E-state index contributed by atoms with van der Waals surface area (Å²) in [5, 5.41) is 7.83. The molecule has 4 heterocycles. The molecule has 57 heavy (non-hydrogen) atoms. The number of carbonyl (C=O) groups excluding carboxylic acids is 3. The summed E-state index contributed by atoms with van der Waals surface area (Å²) < 4.78 is 5.70.